The minimum Gasteiger partial charge on any atom is -0.370 e. The number of amides is 1. The van der Waals surface area contributed by atoms with Crippen molar-refractivity contribution in [3.63, 3.8) is 0 Å². The van der Waals surface area contributed by atoms with E-state index in [9.17, 15) is 18.0 Å². The van der Waals surface area contributed by atoms with Crippen molar-refractivity contribution < 1.29 is 18.0 Å². The van der Waals surface area contributed by atoms with E-state index < -0.39 is 31.6 Å². The maximum atomic E-state index is 13.0. The molecule has 2 atom stereocenters. The smallest absolute Gasteiger partial charge is 0.217 e. The van der Waals surface area contributed by atoms with Crippen molar-refractivity contribution in [3.8, 4) is 0 Å². The first-order valence-corrected chi connectivity index (χ1v) is 9.06. The van der Waals surface area contributed by atoms with Crippen LogP contribution >= 0.6 is 0 Å². The monoisotopic (exact) mass is 356 g/mol. The highest BCUT2D eigenvalue weighted by Gasteiger charge is 2.49. The summed E-state index contributed by atoms with van der Waals surface area (Å²) < 4.78 is 25.9. The first-order chi connectivity index (χ1) is 11.2. The summed E-state index contributed by atoms with van der Waals surface area (Å²) in [6, 6.07) is 7.88. The highest BCUT2D eigenvalue weighted by atomic mass is 32.2. The van der Waals surface area contributed by atoms with Crippen LogP contribution in [0.2, 0.25) is 0 Å². The van der Waals surface area contributed by atoms with E-state index in [0.717, 1.165) is 0 Å². The molecule has 0 heterocycles. The average molecular weight is 356 g/mol. The molecule has 0 saturated heterocycles. The van der Waals surface area contributed by atoms with E-state index in [-0.39, 0.29) is 37.9 Å². The standard InChI is InChI=1S/C15H24N4O4S/c16-9-8-15(19,14(21)11-4-2-1-3-5-11)24(22,23)12(10-17)6-7-13(18)20/h1-5,12H,6-10,16-17,19H2,(H2,18,20). The molecule has 0 radical (unpaired) electrons. The Labute approximate surface area is 141 Å². The van der Waals surface area contributed by atoms with E-state index in [0.29, 0.717) is 0 Å². The first-order valence-electron chi connectivity index (χ1n) is 7.51. The molecule has 0 spiro atoms. The van der Waals surface area contributed by atoms with Gasteiger partial charge in [-0.15, -0.1) is 0 Å². The fourth-order valence-electron chi connectivity index (χ4n) is 2.43. The lowest BCUT2D eigenvalue weighted by atomic mass is 10.0. The molecule has 0 aliphatic rings. The van der Waals surface area contributed by atoms with Gasteiger partial charge in [0, 0.05) is 18.5 Å². The molecule has 0 aromatic heterocycles. The summed E-state index contributed by atoms with van der Waals surface area (Å²) in [4.78, 5) is 21.5. The second kappa shape index (κ2) is 8.34. The van der Waals surface area contributed by atoms with Crippen LogP contribution in [0.4, 0.5) is 0 Å². The molecular formula is C15H24N4O4S. The predicted octanol–water partition coefficient (Wildman–Crippen LogP) is -1.12. The third-order valence-electron chi connectivity index (χ3n) is 3.86. The Morgan fingerprint density at radius 2 is 1.71 bits per heavy atom. The second-order valence-electron chi connectivity index (χ2n) is 5.53. The number of Topliss-reactive ketones (excluding diaryl/α,β-unsaturated/α-hetero) is 1. The van der Waals surface area contributed by atoms with Crippen molar-refractivity contribution in [2.24, 2.45) is 22.9 Å². The maximum Gasteiger partial charge on any atom is 0.217 e. The van der Waals surface area contributed by atoms with E-state index in [1.165, 1.54) is 12.1 Å². The van der Waals surface area contributed by atoms with Gasteiger partial charge in [-0.1, -0.05) is 30.3 Å². The van der Waals surface area contributed by atoms with Crippen molar-refractivity contribution in [1.82, 2.24) is 0 Å². The van der Waals surface area contributed by atoms with Crippen molar-refractivity contribution >= 4 is 21.5 Å². The lowest BCUT2D eigenvalue weighted by Crippen LogP contribution is -2.59. The summed E-state index contributed by atoms with van der Waals surface area (Å²) in [6.45, 7) is -0.372. The molecule has 9 heteroatoms. The summed E-state index contributed by atoms with van der Waals surface area (Å²) in [5.41, 5.74) is 22.3. The highest BCUT2D eigenvalue weighted by molar-refractivity contribution is 7.94. The van der Waals surface area contributed by atoms with Crippen LogP contribution in [0, 0.1) is 0 Å². The molecule has 0 bridgehead atoms. The Morgan fingerprint density at radius 1 is 1.12 bits per heavy atom. The molecule has 0 saturated carbocycles. The van der Waals surface area contributed by atoms with Gasteiger partial charge in [0.25, 0.3) is 0 Å². The quantitative estimate of drug-likeness (QED) is 0.384. The Hall–Kier alpha value is -1.81. The van der Waals surface area contributed by atoms with E-state index in [1.54, 1.807) is 18.2 Å². The zero-order valence-corrected chi connectivity index (χ0v) is 14.2. The van der Waals surface area contributed by atoms with Crippen molar-refractivity contribution in [3.05, 3.63) is 35.9 Å². The Bertz CT molecular complexity index is 678. The van der Waals surface area contributed by atoms with E-state index in [1.807, 2.05) is 0 Å². The summed E-state index contributed by atoms with van der Waals surface area (Å²) in [5, 5.41) is -1.16. The number of carbonyl (C=O) groups excluding carboxylic acids is 2. The molecule has 2 unspecified atom stereocenters. The van der Waals surface area contributed by atoms with Gasteiger partial charge in [0.2, 0.25) is 5.91 Å². The highest BCUT2D eigenvalue weighted by Crippen LogP contribution is 2.27. The molecule has 1 amide bonds. The molecule has 0 aliphatic carbocycles. The maximum absolute atomic E-state index is 13.0. The Morgan fingerprint density at radius 3 is 2.17 bits per heavy atom. The zero-order chi connectivity index (χ0) is 18.4. The van der Waals surface area contributed by atoms with Gasteiger partial charge < -0.3 is 22.9 Å². The number of benzene rings is 1. The van der Waals surface area contributed by atoms with Crippen LogP contribution in [0.5, 0.6) is 0 Å². The minimum atomic E-state index is -4.20. The van der Waals surface area contributed by atoms with Crippen molar-refractivity contribution in [2.45, 2.75) is 29.4 Å². The summed E-state index contributed by atoms with van der Waals surface area (Å²) in [7, 11) is -4.20. The van der Waals surface area contributed by atoms with Crippen LogP contribution in [0.15, 0.2) is 30.3 Å². The van der Waals surface area contributed by atoms with Gasteiger partial charge in [-0.2, -0.15) is 0 Å². The lowest BCUT2D eigenvalue weighted by molar-refractivity contribution is -0.118. The summed E-state index contributed by atoms with van der Waals surface area (Å²) in [5.74, 6) is -1.40. The Kier molecular flexibility index (Phi) is 7.03. The van der Waals surface area contributed by atoms with Crippen molar-refractivity contribution in [2.75, 3.05) is 13.1 Å². The van der Waals surface area contributed by atoms with Crippen molar-refractivity contribution in [1.29, 1.82) is 0 Å². The number of primary amides is 1. The van der Waals surface area contributed by atoms with Gasteiger partial charge in [-0.25, -0.2) is 8.42 Å². The Balaban J connectivity index is 3.28. The van der Waals surface area contributed by atoms with Gasteiger partial charge in [0.15, 0.2) is 20.5 Å². The fraction of sp³-hybridized carbons (Fsp3) is 0.467. The van der Waals surface area contributed by atoms with E-state index in [2.05, 4.69) is 0 Å². The SMILES string of the molecule is NCCC(N)(C(=O)c1ccccc1)S(=O)(=O)C(CN)CCC(N)=O. The fourth-order valence-corrected chi connectivity index (χ4v) is 4.49. The number of rotatable bonds is 10. The van der Waals surface area contributed by atoms with Crippen LogP contribution in [-0.4, -0.2) is 43.3 Å². The van der Waals surface area contributed by atoms with Gasteiger partial charge in [0.05, 0.1) is 5.25 Å². The molecule has 0 fully saturated rings. The average Bonchev–Trinajstić information content (AvgIpc) is 2.55. The number of nitrogens with two attached hydrogens (primary N) is 4. The first kappa shape index (κ1) is 20.2. The second-order valence-corrected chi connectivity index (χ2v) is 8.02. The topological polar surface area (TPSA) is 172 Å². The van der Waals surface area contributed by atoms with E-state index >= 15 is 0 Å². The molecule has 0 aliphatic heterocycles. The van der Waals surface area contributed by atoms with Crippen LogP contribution < -0.4 is 22.9 Å². The van der Waals surface area contributed by atoms with E-state index in [4.69, 9.17) is 22.9 Å². The molecule has 24 heavy (non-hydrogen) atoms. The molecule has 8 nitrogen and oxygen atoms in total. The molecular weight excluding hydrogens is 332 g/mol. The normalized spacial score (nSPS) is 15.5. The zero-order valence-electron chi connectivity index (χ0n) is 13.4. The van der Waals surface area contributed by atoms with Gasteiger partial charge in [-0.3, -0.25) is 9.59 Å². The lowest BCUT2D eigenvalue weighted by Gasteiger charge is -2.31. The molecule has 1 aromatic rings. The molecule has 8 N–H and O–H groups in total. The number of hydrogen-bond donors (Lipinski definition) is 4. The molecule has 1 rings (SSSR count). The largest absolute Gasteiger partial charge is 0.370 e. The third kappa shape index (κ3) is 4.18. The number of carbonyl (C=O) groups is 2. The predicted molar refractivity (Wildman–Crippen MR) is 91.6 cm³/mol. The summed E-state index contributed by atoms with van der Waals surface area (Å²) in [6.07, 6.45) is -0.519. The summed E-state index contributed by atoms with van der Waals surface area (Å²) >= 11 is 0. The van der Waals surface area contributed by atoms with Crippen LogP contribution in [0.1, 0.15) is 29.6 Å². The van der Waals surface area contributed by atoms with Crippen LogP contribution in [0.3, 0.4) is 0 Å². The van der Waals surface area contributed by atoms with Crippen LogP contribution in [0.25, 0.3) is 0 Å². The third-order valence-corrected chi connectivity index (χ3v) is 6.57. The minimum absolute atomic E-state index is 0.0958. The molecule has 1 aromatic carbocycles. The number of ketones is 1. The number of hydrogen-bond acceptors (Lipinski definition) is 7. The van der Waals surface area contributed by atoms with Gasteiger partial charge in [0.1, 0.15) is 0 Å². The van der Waals surface area contributed by atoms with Gasteiger partial charge >= 0.3 is 0 Å². The number of sulfone groups is 1. The van der Waals surface area contributed by atoms with Crippen LogP contribution in [-0.2, 0) is 14.6 Å². The molecule has 134 valence electrons. The van der Waals surface area contributed by atoms with Gasteiger partial charge in [-0.05, 0) is 19.4 Å².